The first-order valence-corrected chi connectivity index (χ1v) is 15.4. The summed E-state index contributed by atoms with van der Waals surface area (Å²) in [6, 6.07) is 5.91. The highest BCUT2D eigenvalue weighted by molar-refractivity contribution is 5.97. The highest BCUT2D eigenvalue weighted by Crippen LogP contribution is 2.14. The lowest BCUT2D eigenvalue weighted by Crippen LogP contribution is -2.59. The van der Waals surface area contributed by atoms with Gasteiger partial charge in [-0.25, -0.2) is 0 Å². The predicted octanol–water partition coefficient (Wildman–Crippen LogP) is -1.95. The van der Waals surface area contributed by atoms with Crippen LogP contribution in [0.25, 0.3) is 0 Å². The van der Waals surface area contributed by atoms with Gasteiger partial charge in [-0.2, -0.15) is 0 Å². The molecule has 4 unspecified atom stereocenters. The monoisotopic (exact) mass is 685 g/mol. The minimum atomic E-state index is -1.66. The average Bonchev–Trinajstić information content (AvgIpc) is 3.04. The number of rotatable bonds is 20. The summed E-state index contributed by atoms with van der Waals surface area (Å²) in [7, 11) is 0. The van der Waals surface area contributed by atoms with E-state index in [1.165, 1.54) is 48.5 Å². The molecule has 2 rings (SSSR count). The maximum Gasteiger partial charge on any atom is 0.305 e. The van der Waals surface area contributed by atoms with Gasteiger partial charge < -0.3 is 53.4 Å². The molecule has 17 heteroatoms. The number of primary amides is 1. The first-order chi connectivity index (χ1) is 23.2. The number of benzene rings is 2. The summed E-state index contributed by atoms with van der Waals surface area (Å²) >= 11 is 0. The summed E-state index contributed by atoms with van der Waals surface area (Å²) in [6.07, 6.45) is 0.0639. The zero-order valence-corrected chi connectivity index (χ0v) is 26.9. The highest BCUT2D eigenvalue weighted by atomic mass is 16.4. The van der Waals surface area contributed by atoms with Crippen LogP contribution >= 0.6 is 0 Å². The number of unbranched alkanes of at least 4 members (excludes halogenated alkanes) is 1. The maximum atomic E-state index is 13.8. The third-order valence-corrected chi connectivity index (χ3v) is 7.15. The van der Waals surface area contributed by atoms with E-state index >= 15 is 0 Å². The van der Waals surface area contributed by atoms with Crippen molar-refractivity contribution in [2.45, 2.75) is 69.6 Å². The first-order valence-electron chi connectivity index (χ1n) is 15.4. The van der Waals surface area contributed by atoms with Crippen LogP contribution in [0.4, 0.5) is 0 Å². The van der Waals surface area contributed by atoms with Crippen molar-refractivity contribution < 1.29 is 48.9 Å². The molecule has 0 aromatic heterocycles. The van der Waals surface area contributed by atoms with Crippen LogP contribution in [0.1, 0.15) is 43.7 Å². The van der Waals surface area contributed by atoms with Crippen LogP contribution in [0.3, 0.4) is 0 Å². The molecule has 2 aromatic carbocycles. The number of hydrogen-bond acceptors (Lipinski definition) is 10. The predicted molar refractivity (Wildman–Crippen MR) is 174 cm³/mol. The standard InChI is InChI=1S/C32H43N7O10/c1-18(40)35-17-27(43)36-26(16-28(44)45)32(49)39-25(15-20-7-11-22(42)12-8-20)31(48)38-24(14-19-5-9-21(41)10-6-19)30(47)37-23(29(34)46)4-2-3-13-33/h5-12,23-26,41-42H,2-4,13-17,33H2,1H3,(H2,34,46)(H,35,40)(H,36,43)(H,37,47)(H,38,48)(H,39,49)(H,44,45). The molecule has 266 valence electrons. The van der Waals surface area contributed by atoms with E-state index in [-0.39, 0.29) is 30.8 Å². The number of carboxylic acid groups (broad SMARTS) is 1. The van der Waals surface area contributed by atoms with Gasteiger partial charge in [0.2, 0.25) is 35.4 Å². The Kier molecular flexibility index (Phi) is 16.0. The number of hydrogen-bond donors (Lipinski definition) is 10. The lowest BCUT2D eigenvalue weighted by atomic mass is 10.0. The van der Waals surface area contributed by atoms with Gasteiger partial charge in [0.05, 0.1) is 13.0 Å². The summed E-state index contributed by atoms with van der Waals surface area (Å²) < 4.78 is 0. The molecule has 0 heterocycles. The highest BCUT2D eigenvalue weighted by Gasteiger charge is 2.32. The summed E-state index contributed by atoms with van der Waals surface area (Å²) in [5.41, 5.74) is 12.0. The lowest BCUT2D eigenvalue weighted by molar-refractivity contribution is -0.141. The molecule has 0 bridgehead atoms. The van der Waals surface area contributed by atoms with Crippen molar-refractivity contribution in [1.29, 1.82) is 0 Å². The SMILES string of the molecule is CC(=O)NCC(=O)NC(CC(=O)O)C(=O)NC(Cc1ccc(O)cc1)C(=O)NC(Cc1ccc(O)cc1)C(=O)NC(CCCCN)C(N)=O. The number of phenols is 2. The Balaban J connectivity index is 2.40. The van der Waals surface area contributed by atoms with E-state index < -0.39 is 78.5 Å². The van der Waals surface area contributed by atoms with Gasteiger partial charge in [-0.1, -0.05) is 24.3 Å². The van der Waals surface area contributed by atoms with E-state index in [1.54, 1.807) is 0 Å². The number of aliphatic carboxylic acids is 1. The van der Waals surface area contributed by atoms with E-state index in [0.717, 1.165) is 6.92 Å². The number of carbonyl (C=O) groups excluding carboxylic acids is 6. The first kappa shape index (κ1) is 39.5. The lowest BCUT2D eigenvalue weighted by Gasteiger charge is -2.26. The molecule has 2 aromatic rings. The van der Waals surface area contributed by atoms with Gasteiger partial charge in [-0.05, 0) is 61.2 Å². The molecule has 0 spiro atoms. The quantitative estimate of drug-likeness (QED) is 0.0683. The third-order valence-electron chi connectivity index (χ3n) is 7.15. The second-order valence-electron chi connectivity index (χ2n) is 11.2. The molecular weight excluding hydrogens is 642 g/mol. The molecule has 12 N–H and O–H groups in total. The Labute approximate surface area is 282 Å². The largest absolute Gasteiger partial charge is 0.508 e. The topological polar surface area (TPSA) is 292 Å². The summed E-state index contributed by atoms with van der Waals surface area (Å²) in [4.78, 5) is 87.9. The molecule has 0 aliphatic rings. The number of phenolic OH excluding ortho intramolecular Hbond substituents is 2. The molecule has 49 heavy (non-hydrogen) atoms. The molecule has 0 saturated carbocycles. The van der Waals surface area contributed by atoms with Crippen molar-refractivity contribution in [1.82, 2.24) is 26.6 Å². The van der Waals surface area contributed by atoms with Crippen molar-refractivity contribution in [3.05, 3.63) is 59.7 Å². The van der Waals surface area contributed by atoms with Crippen LogP contribution in [-0.4, -0.2) is 94.0 Å². The molecular formula is C32H43N7O10. The van der Waals surface area contributed by atoms with Gasteiger partial charge in [-0.15, -0.1) is 0 Å². The minimum Gasteiger partial charge on any atom is -0.508 e. The third kappa shape index (κ3) is 14.7. The summed E-state index contributed by atoms with van der Waals surface area (Å²) in [5.74, 6) is -6.48. The maximum absolute atomic E-state index is 13.8. The van der Waals surface area contributed by atoms with E-state index in [0.29, 0.717) is 30.5 Å². The van der Waals surface area contributed by atoms with Gasteiger partial charge >= 0.3 is 5.97 Å². The van der Waals surface area contributed by atoms with Crippen LogP contribution in [0.5, 0.6) is 11.5 Å². The van der Waals surface area contributed by atoms with Crippen molar-refractivity contribution in [3.63, 3.8) is 0 Å². The Morgan fingerprint density at radius 1 is 0.673 bits per heavy atom. The molecule has 0 saturated heterocycles. The van der Waals surface area contributed by atoms with Crippen molar-refractivity contribution in [2.75, 3.05) is 13.1 Å². The van der Waals surface area contributed by atoms with Crippen LogP contribution < -0.4 is 38.1 Å². The Morgan fingerprint density at radius 2 is 1.12 bits per heavy atom. The van der Waals surface area contributed by atoms with E-state index in [9.17, 15) is 48.9 Å². The second kappa shape index (κ2) is 19.8. The Morgan fingerprint density at radius 3 is 1.53 bits per heavy atom. The fourth-order valence-corrected chi connectivity index (χ4v) is 4.58. The van der Waals surface area contributed by atoms with Crippen LogP contribution in [-0.2, 0) is 46.4 Å². The Hall–Kier alpha value is -5.71. The van der Waals surface area contributed by atoms with Gasteiger partial charge in [-0.3, -0.25) is 33.6 Å². The molecule has 4 atom stereocenters. The van der Waals surface area contributed by atoms with Gasteiger partial charge in [0.15, 0.2) is 0 Å². The number of amides is 6. The van der Waals surface area contributed by atoms with Crippen LogP contribution in [0.2, 0.25) is 0 Å². The summed E-state index contributed by atoms with van der Waals surface area (Å²) in [6.45, 7) is 0.981. The number of aromatic hydroxyl groups is 2. The van der Waals surface area contributed by atoms with Crippen molar-refractivity contribution >= 4 is 41.4 Å². The number of nitrogens with two attached hydrogens (primary N) is 2. The molecule has 0 aliphatic heterocycles. The van der Waals surface area contributed by atoms with Gasteiger partial charge in [0, 0.05) is 19.8 Å². The molecule has 0 fully saturated rings. The zero-order chi connectivity index (χ0) is 36.5. The van der Waals surface area contributed by atoms with Crippen LogP contribution in [0.15, 0.2) is 48.5 Å². The van der Waals surface area contributed by atoms with Crippen LogP contribution in [0, 0.1) is 0 Å². The number of nitrogens with one attached hydrogen (secondary N) is 5. The average molecular weight is 686 g/mol. The smallest absolute Gasteiger partial charge is 0.305 e. The normalized spacial score (nSPS) is 13.1. The number of carboxylic acids is 1. The second-order valence-corrected chi connectivity index (χ2v) is 11.2. The Bertz CT molecular complexity index is 1470. The summed E-state index contributed by atoms with van der Waals surface area (Å²) in [5, 5.41) is 40.8. The van der Waals surface area contributed by atoms with E-state index in [1.807, 2.05) is 0 Å². The molecule has 0 aliphatic carbocycles. The number of carbonyl (C=O) groups is 7. The zero-order valence-electron chi connectivity index (χ0n) is 26.9. The minimum absolute atomic E-state index is 0.0424. The fraction of sp³-hybridized carbons (Fsp3) is 0.406. The molecule has 6 amide bonds. The molecule has 17 nitrogen and oxygen atoms in total. The van der Waals surface area contributed by atoms with Gasteiger partial charge in [0.25, 0.3) is 0 Å². The van der Waals surface area contributed by atoms with Gasteiger partial charge in [0.1, 0.15) is 35.7 Å². The van der Waals surface area contributed by atoms with Crippen molar-refractivity contribution in [2.24, 2.45) is 11.5 Å². The van der Waals surface area contributed by atoms with E-state index in [4.69, 9.17) is 11.5 Å². The van der Waals surface area contributed by atoms with Crippen molar-refractivity contribution in [3.8, 4) is 11.5 Å². The van der Waals surface area contributed by atoms with E-state index in [2.05, 4.69) is 26.6 Å². The molecule has 0 radical (unpaired) electrons. The fourth-order valence-electron chi connectivity index (χ4n) is 4.58.